The lowest BCUT2D eigenvalue weighted by Gasteiger charge is -2.24. The van der Waals surface area contributed by atoms with Crippen LogP contribution in [-0.2, 0) is 14.4 Å². The molecule has 0 unspecified atom stereocenters. The van der Waals surface area contributed by atoms with E-state index in [1.807, 2.05) is 6.92 Å². The summed E-state index contributed by atoms with van der Waals surface area (Å²) in [5, 5.41) is 1.21. The number of rotatable bonds is 4. The normalized spacial score (nSPS) is 16.9. The lowest BCUT2D eigenvalue weighted by atomic mass is 10.1. The molecule has 0 atom stereocenters. The molecule has 0 spiro atoms. The largest absolute Gasteiger partial charge is 0.338 e. The molecule has 80 valence electrons. The molecule has 1 aliphatic rings. The Morgan fingerprint density at radius 2 is 2.29 bits per heavy atom. The maximum Gasteiger partial charge on any atom is 0.332 e. The summed E-state index contributed by atoms with van der Waals surface area (Å²) in [5.74, 6) is -0.358. The fraction of sp³-hybridized carbons (Fsp3) is 0.800. The van der Waals surface area contributed by atoms with Crippen LogP contribution in [-0.4, -0.2) is 23.5 Å². The fourth-order valence-electron chi connectivity index (χ4n) is 1.37. The number of hydrogen-bond acceptors (Lipinski definition) is 3. The second kappa shape index (κ2) is 5.62. The molecule has 0 aromatic carbocycles. The van der Waals surface area contributed by atoms with E-state index in [-0.39, 0.29) is 11.9 Å². The van der Waals surface area contributed by atoms with E-state index in [9.17, 15) is 9.59 Å². The number of unbranched alkanes of at least 4 members (excludes halogenated alkanes) is 1. The van der Waals surface area contributed by atoms with Crippen LogP contribution in [0.3, 0.4) is 0 Å². The summed E-state index contributed by atoms with van der Waals surface area (Å²) in [6, 6.07) is 0. The van der Waals surface area contributed by atoms with Crippen LogP contribution in [0.25, 0.3) is 0 Å². The average molecular weight is 199 g/mol. The van der Waals surface area contributed by atoms with Crippen molar-refractivity contribution in [1.82, 2.24) is 5.06 Å². The van der Waals surface area contributed by atoms with Gasteiger partial charge in [0, 0.05) is 12.8 Å². The first-order chi connectivity index (χ1) is 6.74. The molecule has 4 heteroatoms. The lowest BCUT2D eigenvalue weighted by Crippen LogP contribution is -2.37. The topological polar surface area (TPSA) is 46.6 Å². The minimum atomic E-state index is -0.290. The second-order valence-corrected chi connectivity index (χ2v) is 3.52. The van der Waals surface area contributed by atoms with Gasteiger partial charge in [0.25, 0.3) is 5.91 Å². The SMILES string of the molecule is CCCCC(=O)ON1CCCCC1=O. The molecule has 14 heavy (non-hydrogen) atoms. The highest BCUT2D eigenvalue weighted by molar-refractivity contribution is 5.78. The van der Waals surface area contributed by atoms with Crippen LogP contribution >= 0.6 is 0 Å². The molecule has 1 rings (SSSR count). The molecule has 1 heterocycles. The number of carbonyl (C=O) groups is 2. The van der Waals surface area contributed by atoms with E-state index in [1.165, 1.54) is 5.06 Å². The van der Waals surface area contributed by atoms with Crippen molar-refractivity contribution in [2.24, 2.45) is 0 Å². The Morgan fingerprint density at radius 3 is 2.93 bits per heavy atom. The zero-order chi connectivity index (χ0) is 10.4. The second-order valence-electron chi connectivity index (χ2n) is 3.52. The first-order valence-electron chi connectivity index (χ1n) is 5.25. The van der Waals surface area contributed by atoms with Gasteiger partial charge in [-0.1, -0.05) is 13.3 Å². The van der Waals surface area contributed by atoms with Gasteiger partial charge in [0.2, 0.25) is 0 Å². The molecule has 1 aliphatic heterocycles. The van der Waals surface area contributed by atoms with Crippen LogP contribution in [0.4, 0.5) is 0 Å². The Labute approximate surface area is 84.2 Å². The number of hydroxylamine groups is 2. The van der Waals surface area contributed by atoms with Crippen LogP contribution < -0.4 is 0 Å². The van der Waals surface area contributed by atoms with Gasteiger partial charge in [0.1, 0.15) is 0 Å². The summed E-state index contributed by atoms with van der Waals surface area (Å²) < 4.78 is 0. The van der Waals surface area contributed by atoms with E-state index in [2.05, 4.69) is 0 Å². The van der Waals surface area contributed by atoms with Gasteiger partial charge in [-0.15, -0.1) is 0 Å². The quantitative estimate of drug-likeness (QED) is 0.691. The van der Waals surface area contributed by atoms with Crippen LogP contribution in [0.15, 0.2) is 0 Å². The smallest absolute Gasteiger partial charge is 0.332 e. The predicted molar refractivity (Wildman–Crippen MR) is 51.2 cm³/mol. The van der Waals surface area contributed by atoms with E-state index in [0.29, 0.717) is 19.4 Å². The van der Waals surface area contributed by atoms with Crippen molar-refractivity contribution in [3.8, 4) is 0 Å². The number of amides is 1. The van der Waals surface area contributed by atoms with E-state index >= 15 is 0 Å². The highest BCUT2D eigenvalue weighted by Gasteiger charge is 2.21. The summed E-state index contributed by atoms with van der Waals surface area (Å²) in [6.45, 7) is 2.57. The first-order valence-corrected chi connectivity index (χ1v) is 5.25. The monoisotopic (exact) mass is 199 g/mol. The highest BCUT2D eigenvalue weighted by Crippen LogP contribution is 2.11. The molecule has 1 fully saturated rings. The van der Waals surface area contributed by atoms with Crippen molar-refractivity contribution in [2.75, 3.05) is 6.54 Å². The fourth-order valence-corrected chi connectivity index (χ4v) is 1.37. The average Bonchev–Trinajstić information content (AvgIpc) is 2.18. The Morgan fingerprint density at radius 1 is 1.50 bits per heavy atom. The van der Waals surface area contributed by atoms with Crippen molar-refractivity contribution in [3.05, 3.63) is 0 Å². The summed E-state index contributed by atoms with van der Waals surface area (Å²) >= 11 is 0. The number of piperidine rings is 1. The van der Waals surface area contributed by atoms with Crippen LogP contribution in [0, 0.1) is 0 Å². The van der Waals surface area contributed by atoms with Gasteiger partial charge in [-0.3, -0.25) is 4.79 Å². The molecule has 0 aromatic heterocycles. The van der Waals surface area contributed by atoms with Crippen molar-refractivity contribution in [1.29, 1.82) is 0 Å². The van der Waals surface area contributed by atoms with Gasteiger partial charge in [0.05, 0.1) is 6.54 Å². The number of carbonyl (C=O) groups excluding carboxylic acids is 2. The van der Waals surface area contributed by atoms with Gasteiger partial charge in [-0.2, -0.15) is 5.06 Å². The Hall–Kier alpha value is -1.06. The summed E-state index contributed by atoms with van der Waals surface area (Å²) in [4.78, 5) is 27.4. The van der Waals surface area contributed by atoms with Crippen molar-refractivity contribution in [3.63, 3.8) is 0 Å². The maximum atomic E-state index is 11.3. The minimum Gasteiger partial charge on any atom is -0.338 e. The molecule has 0 aromatic rings. The third-order valence-corrected chi connectivity index (χ3v) is 2.23. The van der Waals surface area contributed by atoms with Crippen molar-refractivity contribution < 1.29 is 14.4 Å². The van der Waals surface area contributed by atoms with E-state index < -0.39 is 0 Å². The Kier molecular flexibility index (Phi) is 4.43. The van der Waals surface area contributed by atoms with Crippen LogP contribution in [0.1, 0.15) is 45.4 Å². The Balaban J connectivity index is 2.27. The van der Waals surface area contributed by atoms with Gasteiger partial charge >= 0.3 is 5.97 Å². The van der Waals surface area contributed by atoms with Crippen molar-refractivity contribution in [2.45, 2.75) is 45.4 Å². The molecular weight excluding hydrogens is 182 g/mol. The summed E-state index contributed by atoms with van der Waals surface area (Å²) in [6.07, 6.45) is 4.51. The molecule has 4 nitrogen and oxygen atoms in total. The third-order valence-electron chi connectivity index (χ3n) is 2.23. The van der Waals surface area contributed by atoms with E-state index in [4.69, 9.17) is 4.84 Å². The van der Waals surface area contributed by atoms with Crippen LogP contribution in [0.2, 0.25) is 0 Å². The molecular formula is C10H17NO3. The molecule has 0 N–H and O–H groups in total. The number of hydrogen-bond donors (Lipinski definition) is 0. The minimum absolute atomic E-state index is 0.0684. The van der Waals surface area contributed by atoms with Gasteiger partial charge in [0.15, 0.2) is 0 Å². The number of nitrogens with zero attached hydrogens (tertiary/aromatic N) is 1. The first kappa shape index (κ1) is 11.0. The molecule has 1 saturated heterocycles. The Bertz CT molecular complexity index is 215. The van der Waals surface area contributed by atoms with Crippen molar-refractivity contribution >= 4 is 11.9 Å². The molecule has 0 bridgehead atoms. The van der Waals surface area contributed by atoms with Gasteiger partial charge < -0.3 is 4.84 Å². The third kappa shape index (κ3) is 3.36. The van der Waals surface area contributed by atoms with E-state index in [1.54, 1.807) is 0 Å². The molecule has 0 aliphatic carbocycles. The summed E-state index contributed by atoms with van der Waals surface area (Å²) in [5.41, 5.74) is 0. The predicted octanol–water partition coefficient (Wildman–Crippen LogP) is 1.65. The maximum absolute atomic E-state index is 11.3. The molecule has 0 radical (unpaired) electrons. The molecule has 0 saturated carbocycles. The zero-order valence-corrected chi connectivity index (χ0v) is 8.62. The zero-order valence-electron chi connectivity index (χ0n) is 8.62. The standard InChI is InChI=1S/C10H17NO3/c1-2-3-7-10(13)14-11-8-5-4-6-9(11)12/h2-8H2,1H3. The van der Waals surface area contributed by atoms with Gasteiger partial charge in [-0.05, 0) is 19.3 Å². The van der Waals surface area contributed by atoms with E-state index in [0.717, 1.165) is 25.7 Å². The highest BCUT2D eigenvalue weighted by atomic mass is 16.7. The lowest BCUT2D eigenvalue weighted by molar-refractivity contribution is -0.201. The summed E-state index contributed by atoms with van der Waals surface area (Å²) in [7, 11) is 0. The molecule has 1 amide bonds. The van der Waals surface area contributed by atoms with Crippen LogP contribution in [0.5, 0.6) is 0 Å². The van der Waals surface area contributed by atoms with Gasteiger partial charge in [-0.25, -0.2) is 4.79 Å².